The van der Waals surface area contributed by atoms with Crippen molar-refractivity contribution in [2.75, 3.05) is 13.2 Å². The molecule has 10 nitrogen and oxygen atoms in total. The first kappa shape index (κ1) is 22.3. The second-order valence-electron chi connectivity index (χ2n) is 7.36. The molecule has 2 aromatic rings. The Morgan fingerprint density at radius 3 is 1.55 bits per heavy atom. The molecule has 4 atom stereocenters. The van der Waals surface area contributed by atoms with E-state index < -0.39 is 30.1 Å². The van der Waals surface area contributed by atoms with Gasteiger partial charge < -0.3 is 18.9 Å². The van der Waals surface area contributed by atoms with E-state index in [1.165, 1.54) is 0 Å². The zero-order chi connectivity index (χ0) is 22.1. The third-order valence-electron chi connectivity index (χ3n) is 4.65. The Morgan fingerprint density at radius 1 is 0.806 bits per heavy atom. The van der Waals surface area contributed by atoms with Gasteiger partial charge in [-0.05, 0) is 49.2 Å². The molecule has 0 unspecified atom stereocenters. The molecule has 0 radical (unpaired) electrons. The maximum absolute atomic E-state index is 9.10. The molecule has 0 amide bonds. The van der Waals surface area contributed by atoms with Crippen molar-refractivity contribution in [1.82, 2.24) is 0 Å². The molecule has 10 heteroatoms. The highest BCUT2D eigenvalue weighted by atomic mass is 16.8. The van der Waals surface area contributed by atoms with Crippen molar-refractivity contribution in [3.8, 4) is 11.5 Å². The Balaban J connectivity index is 1.78. The summed E-state index contributed by atoms with van der Waals surface area (Å²) >= 11 is 0. The van der Waals surface area contributed by atoms with E-state index in [9.17, 15) is 0 Å². The number of para-hydroxylation sites is 2. The van der Waals surface area contributed by atoms with Crippen LogP contribution in [0.1, 0.15) is 13.8 Å². The predicted octanol–water partition coefficient (Wildman–Crippen LogP) is 5.02. The molecule has 1 aliphatic rings. The smallest absolute Gasteiger partial charge is 0.163 e. The molecule has 2 aromatic carbocycles. The molecular weight excluding hydrogens is 400 g/mol. The van der Waals surface area contributed by atoms with E-state index in [-0.39, 0.29) is 13.2 Å². The highest BCUT2D eigenvalue weighted by Gasteiger charge is 2.48. The average Bonchev–Trinajstić information content (AvgIpc) is 3.10. The van der Waals surface area contributed by atoms with Gasteiger partial charge in [-0.25, -0.2) is 0 Å². The zero-order valence-electron chi connectivity index (χ0n) is 17.3. The predicted molar refractivity (Wildman–Crippen MR) is 114 cm³/mol. The van der Waals surface area contributed by atoms with Crippen molar-refractivity contribution in [2.24, 2.45) is 10.2 Å². The highest BCUT2D eigenvalue weighted by Crippen LogP contribution is 2.34. The second-order valence-corrected chi connectivity index (χ2v) is 7.36. The molecule has 1 heterocycles. The summed E-state index contributed by atoms with van der Waals surface area (Å²) in [6, 6.07) is 16.9. The molecule has 0 N–H and O–H groups in total. The Hall–Kier alpha value is -3.42. The van der Waals surface area contributed by atoms with E-state index in [4.69, 9.17) is 30.0 Å². The molecule has 0 spiro atoms. The van der Waals surface area contributed by atoms with Gasteiger partial charge in [-0.1, -0.05) is 46.6 Å². The first-order valence-corrected chi connectivity index (χ1v) is 9.82. The van der Waals surface area contributed by atoms with Crippen molar-refractivity contribution in [2.45, 2.75) is 43.9 Å². The standard InChI is InChI=1S/C21H24N6O4/c1-21(2)30-19(17(24-26-22)13-28-15-9-5-3-6-10-15)20(31-21)18(25-27-23)14-29-16-11-7-4-8-12-16/h3-12,17-20H,13-14H2,1-2H3/t17-,18-,19-,20-/m0/s1. The average molecular weight is 424 g/mol. The van der Waals surface area contributed by atoms with Gasteiger partial charge in [0.1, 0.15) is 23.6 Å². The van der Waals surface area contributed by atoms with E-state index >= 15 is 0 Å². The van der Waals surface area contributed by atoms with Crippen molar-refractivity contribution < 1.29 is 18.9 Å². The molecule has 0 aliphatic carbocycles. The van der Waals surface area contributed by atoms with E-state index in [0.29, 0.717) is 11.5 Å². The Kier molecular flexibility index (Phi) is 7.59. The molecular formula is C21H24N6O4. The fourth-order valence-corrected chi connectivity index (χ4v) is 3.33. The van der Waals surface area contributed by atoms with Crippen LogP contribution < -0.4 is 9.47 Å². The minimum Gasteiger partial charge on any atom is -0.493 e. The minimum atomic E-state index is -0.971. The summed E-state index contributed by atoms with van der Waals surface area (Å²) in [6.07, 6.45) is -1.41. The first-order chi connectivity index (χ1) is 15.0. The van der Waals surface area contributed by atoms with Crippen LogP contribution in [-0.2, 0) is 9.47 Å². The quantitative estimate of drug-likeness (QED) is 0.300. The lowest BCUT2D eigenvalue weighted by atomic mass is 10.0. The third-order valence-corrected chi connectivity index (χ3v) is 4.65. The largest absolute Gasteiger partial charge is 0.493 e. The fraction of sp³-hybridized carbons (Fsp3) is 0.429. The Bertz CT molecular complexity index is 854. The van der Waals surface area contributed by atoms with Crippen molar-refractivity contribution in [3.05, 3.63) is 81.5 Å². The first-order valence-electron chi connectivity index (χ1n) is 9.82. The summed E-state index contributed by atoms with van der Waals surface area (Å²) in [6.45, 7) is 3.63. The normalized spacial score (nSPS) is 21.2. The van der Waals surface area contributed by atoms with Crippen LogP contribution in [0.2, 0.25) is 0 Å². The van der Waals surface area contributed by atoms with Crippen LogP contribution in [0.25, 0.3) is 20.9 Å². The van der Waals surface area contributed by atoms with Gasteiger partial charge in [0.2, 0.25) is 0 Å². The Labute approximate surface area is 179 Å². The van der Waals surface area contributed by atoms with Gasteiger partial charge in [-0.2, -0.15) is 0 Å². The van der Waals surface area contributed by atoms with Gasteiger partial charge in [0.15, 0.2) is 5.79 Å². The summed E-state index contributed by atoms with van der Waals surface area (Å²) in [5, 5.41) is 7.75. The summed E-state index contributed by atoms with van der Waals surface area (Å²) in [5.41, 5.74) is 18.2. The number of nitrogens with zero attached hydrogens (tertiary/aromatic N) is 6. The van der Waals surface area contributed by atoms with Crippen LogP contribution in [0.15, 0.2) is 70.9 Å². The van der Waals surface area contributed by atoms with E-state index in [2.05, 4.69) is 20.1 Å². The number of ether oxygens (including phenoxy) is 4. The van der Waals surface area contributed by atoms with Gasteiger partial charge in [-0.3, -0.25) is 0 Å². The topological polar surface area (TPSA) is 134 Å². The number of rotatable bonds is 10. The fourth-order valence-electron chi connectivity index (χ4n) is 3.33. The number of hydrogen-bond acceptors (Lipinski definition) is 6. The van der Waals surface area contributed by atoms with Crippen molar-refractivity contribution >= 4 is 0 Å². The van der Waals surface area contributed by atoms with Gasteiger partial charge >= 0.3 is 0 Å². The Morgan fingerprint density at radius 2 is 1.19 bits per heavy atom. The van der Waals surface area contributed by atoms with Crippen LogP contribution in [-0.4, -0.2) is 43.3 Å². The van der Waals surface area contributed by atoms with Gasteiger partial charge in [0.05, 0.1) is 25.4 Å². The molecule has 162 valence electrons. The maximum atomic E-state index is 9.10. The van der Waals surface area contributed by atoms with Crippen molar-refractivity contribution in [1.29, 1.82) is 0 Å². The van der Waals surface area contributed by atoms with Crippen LogP contribution in [0, 0.1) is 0 Å². The second kappa shape index (κ2) is 10.6. The van der Waals surface area contributed by atoms with E-state index in [1.54, 1.807) is 38.1 Å². The summed E-state index contributed by atoms with van der Waals surface area (Å²) < 4.78 is 23.6. The van der Waals surface area contributed by atoms with Crippen LogP contribution in [0.3, 0.4) is 0 Å². The van der Waals surface area contributed by atoms with Gasteiger partial charge in [0.25, 0.3) is 0 Å². The molecule has 0 bridgehead atoms. The van der Waals surface area contributed by atoms with Crippen molar-refractivity contribution in [3.63, 3.8) is 0 Å². The van der Waals surface area contributed by atoms with E-state index in [0.717, 1.165) is 0 Å². The molecule has 1 fully saturated rings. The monoisotopic (exact) mass is 424 g/mol. The lowest BCUT2D eigenvalue weighted by molar-refractivity contribution is -0.150. The molecule has 0 aromatic heterocycles. The lowest BCUT2D eigenvalue weighted by Crippen LogP contribution is -2.45. The molecule has 31 heavy (non-hydrogen) atoms. The lowest BCUT2D eigenvalue weighted by Gasteiger charge is -2.26. The zero-order valence-corrected chi connectivity index (χ0v) is 17.3. The SMILES string of the molecule is CC1(C)O[C@@H]([C@H](COc2ccccc2)N=[N+]=[N-])[C@H]([C@H](COc2ccccc2)N=[N+]=[N-])O1. The van der Waals surface area contributed by atoms with Gasteiger partial charge in [0, 0.05) is 9.82 Å². The number of hydrogen-bond donors (Lipinski definition) is 0. The summed E-state index contributed by atoms with van der Waals surface area (Å²) in [5.74, 6) is 0.296. The molecule has 1 aliphatic heterocycles. The minimum absolute atomic E-state index is 0.0667. The summed E-state index contributed by atoms with van der Waals surface area (Å²) in [4.78, 5) is 5.90. The molecule has 0 saturated carbocycles. The number of benzene rings is 2. The highest BCUT2D eigenvalue weighted by molar-refractivity contribution is 5.22. The summed E-state index contributed by atoms with van der Waals surface area (Å²) in [7, 11) is 0. The maximum Gasteiger partial charge on any atom is 0.163 e. The van der Waals surface area contributed by atoms with Crippen LogP contribution in [0.5, 0.6) is 11.5 Å². The van der Waals surface area contributed by atoms with E-state index in [1.807, 2.05) is 36.4 Å². The molecule has 3 rings (SSSR count). The van der Waals surface area contributed by atoms with Crippen LogP contribution >= 0.6 is 0 Å². The van der Waals surface area contributed by atoms with Gasteiger partial charge in [-0.15, -0.1) is 0 Å². The molecule has 1 saturated heterocycles. The van der Waals surface area contributed by atoms with Crippen LogP contribution in [0.4, 0.5) is 0 Å². The number of azide groups is 2. The third kappa shape index (κ3) is 6.28.